The van der Waals surface area contributed by atoms with Gasteiger partial charge in [0.2, 0.25) is 5.91 Å². The quantitative estimate of drug-likeness (QED) is 0.0195. The summed E-state index contributed by atoms with van der Waals surface area (Å²) in [4.78, 5) is 25.1. The summed E-state index contributed by atoms with van der Waals surface area (Å²) in [5.74, 6) is -0.181. The standard InChI is InChI=1S/C74H137NO10/c1-3-5-7-9-11-13-14-15-16-17-29-33-36-39-42-46-50-54-58-62-70(79)83-63-59-55-51-47-43-40-37-34-31-28-26-24-22-20-18-19-21-23-25-27-30-32-35-38-41-45-49-53-57-61-69(78)75-66(67(77)60-56-52-48-44-12-10-8-6-4-2)65-84-74-73(82)72(81)71(80)68(64-76)85-74/h15-16,18,20,24,26,56,60,66-68,71-74,76-77,80-82H,3-14,17,19,21-23,25,27-55,57-59,61-65H2,1-2H3,(H,75,78)/b16-15-,20-18-,26-24-,60-56+. The molecule has 1 fully saturated rings. The minimum atomic E-state index is -1.57. The fourth-order valence-corrected chi connectivity index (χ4v) is 11.4. The summed E-state index contributed by atoms with van der Waals surface area (Å²) in [6.07, 6.45) is 72.7. The van der Waals surface area contributed by atoms with E-state index in [4.69, 9.17) is 14.2 Å². The Morgan fingerprint density at radius 3 is 1.20 bits per heavy atom. The number of esters is 1. The van der Waals surface area contributed by atoms with Crippen LogP contribution in [0.15, 0.2) is 48.6 Å². The number of allylic oxidation sites excluding steroid dienone is 7. The summed E-state index contributed by atoms with van der Waals surface area (Å²) in [6.45, 7) is 4.33. The molecule has 6 N–H and O–H groups in total. The minimum Gasteiger partial charge on any atom is -0.466 e. The molecule has 1 aliphatic heterocycles. The Hall–Kier alpha value is -2.38. The highest BCUT2D eigenvalue weighted by molar-refractivity contribution is 5.76. The third kappa shape index (κ3) is 52.1. The zero-order valence-corrected chi connectivity index (χ0v) is 55.3. The molecule has 11 heteroatoms. The first kappa shape index (κ1) is 80.6. The first-order valence-corrected chi connectivity index (χ1v) is 36.4. The molecule has 0 spiro atoms. The molecule has 1 heterocycles. The van der Waals surface area contributed by atoms with Gasteiger partial charge in [-0.3, -0.25) is 9.59 Å². The van der Waals surface area contributed by atoms with Gasteiger partial charge in [-0.15, -0.1) is 0 Å². The molecule has 0 bridgehead atoms. The Kier molecular flexibility index (Phi) is 60.0. The lowest BCUT2D eigenvalue weighted by molar-refractivity contribution is -0.302. The van der Waals surface area contributed by atoms with Gasteiger partial charge >= 0.3 is 5.97 Å². The molecule has 498 valence electrons. The van der Waals surface area contributed by atoms with Crippen LogP contribution in [0.25, 0.3) is 0 Å². The summed E-state index contributed by atoms with van der Waals surface area (Å²) >= 11 is 0. The second kappa shape index (κ2) is 63.2. The number of aliphatic hydroxyl groups is 5. The molecular formula is C74H137NO10. The summed E-state index contributed by atoms with van der Waals surface area (Å²) in [7, 11) is 0. The maximum absolute atomic E-state index is 13.0. The topological polar surface area (TPSA) is 175 Å². The Labute approximate surface area is 523 Å². The van der Waals surface area contributed by atoms with Crippen LogP contribution in [0.1, 0.15) is 348 Å². The van der Waals surface area contributed by atoms with E-state index in [-0.39, 0.29) is 18.5 Å². The minimum absolute atomic E-state index is 0.00302. The van der Waals surface area contributed by atoms with Crippen molar-refractivity contribution in [3.63, 3.8) is 0 Å². The molecule has 0 aliphatic carbocycles. The van der Waals surface area contributed by atoms with Gasteiger partial charge in [-0.05, 0) is 89.9 Å². The highest BCUT2D eigenvalue weighted by atomic mass is 16.7. The lowest BCUT2D eigenvalue weighted by Crippen LogP contribution is -2.60. The first-order chi connectivity index (χ1) is 41.7. The molecular weight excluding hydrogens is 1060 g/mol. The van der Waals surface area contributed by atoms with Gasteiger partial charge in [0, 0.05) is 12.8 Å². The van der Waals surface area contributed by atoms with Crippen LogP contribution in [-0.4, -0.2) is 100 Å². The number of amides is 1. The molecule has 7 atom stereocenters. The van der Waals surface area contributed by atoms with Gasteiger partial charge in [-0.2, -0.15) is 0 Å². The zero-order valence-electron chi connectivity index (χ0n) is 55.3. The highest BCUT2D eigenvalue weighted by Crippen LogP contribution is 2.23. The molecule has 0 aromatic heterocycles. The van der Waals surface area contributed by atoms with Gasteiger partial charge in [0.25, 0.3) is 0 Å². The normalized spacial score (nSPS) is 18.2. The van der Waals surface area contributed by atoms with Gasteiger partial charge in [0.1, 0.15) is 24.4 Å². The maximum atomic E-state index is 13.0. The van der Waals surface area contributed by atoms with Crippen molar-refractivity contribution in [3.8, 4) is 0 Å². The Morgan fingerprint density at radius 1 is 0.435 bits per heavy atom. The van der Waals surface area contributed by atoms with Crippen LogP contribution in [0.4, 0.5) is 0 Å². The number of hydrogen-bond donors (Lipinski definition) is 6. The molecule has 1 rings (SSSR count). The smallest absolute Gasteiger partial charge is 0.305 e. The first-order valence-electron chi connectivity index (χ1n) is 36.4. The van der Waals surface area contributed by atoms with Crippen LogP contribution in [0.2, 0.25) is 0 Å². The Bertz CT molecular complexity index is 1550. The molecule has 0 radical (unpaired) electrons. The van der Waals surface area contributed by atoms with Crippen LogP contribution in [0.3, 0.4) is 0 Å². The largest absolute Gasteiger partial charge is 0.466 e. The monoisotopic (exact) mass is 1200 g/mol. The SMILES string of the molecule is CCCCCCCC/C=C\CCCCCCCCCCCC(=O)OCCCCCCCCCCC/C=C\C/C=C\CCCCCCCCCCCCCCCC(=O)NC(COC1OC(CO)C(O)C(O)C1O)C(O)/C=C/CCCCCCCCC. The number of carbonyl (C=O) groups is 2. The van der Waals surface area contributed by atoms with Gasteiger partial charge in [-0.1, -0.05) is 294 Å². The van der Waals surface area contributed by atoms with Crippen LogP contribution < -0.4 is 5.32 Å². The third-order valence-corrected chi connectivity index (χ3v) is 17.2. The van der Waals surface area contributed by atoms with E-state index in [9.17, 15) is 35.1 Å². The fourth-order valence-electron chi connectivity index (χ4n) is 11.4. The lowest BCUT2D eigenvalue weighted by Gasteiger charge is -2.40. The second-order valence-corrected chi connectivity index (χ2v) is 25.3. The van der Waals surface area contributed by atoms with Gasteiger partial charge in [0.15, 0.2) is 6.29 Å². The number of hydrogen-bond acceptors (Lipinski definition) is 10. The van der Waals surface area contributed by atoms with Crippen LogP contribution >= 0.6 is 0 Å². The molecule has 0 aromatic carbocycles. The lowest BCUT2D eigenvalue weighted by atomic mass is 9.99. The van der Waals surface area contributed by atoms with Crippen molar-refractivity contribution >= 4 is 11.9 Å². The van der Waals surface area contributed by atoms with Gasteiger partial charge in [0.05, 0.1) is 32.0 Å². The molecule has 85 heavy (non-hydrogen) atoms. The van der Waals surface area contributed by atoms with Crippen molar-refractivity contribution in [1.82, 2.24) is 5.32 Å². The van der Waals surface area contributed by atoms with Crippen molar-refractivity contribution in [2.45, 2.75) is 391 Å². The zero-order chi connectivity index (χ0) is 61.6. The molecule has 1 aliphatic rings. The second-order valence-electron chi connectivity index (χ2n) is 25.3. The Morgan fingerprint density at radius 2 is 0.788 bits per heavy atom. The molecule has 0 aromatic rings. The predicted octanol–water partition coefficient (Wildman–Crippen LogP) is 18.7. The summed E-state index contributed by atoms with van der Waals surface area (Å²) in [5, 5.41) is 54.3. The molecule has 1 amide bonds. The van der Waals surface area contributed by atoms with Crippen LogP contribution in [0, 0.1) is 0 Å². The van der Waals surface area contributed by atoms with Crippen molar-refractivity contribution in [2.75, 3.05) is 19.8 Å². The molecule has 1 saturated heterocycles. The van der Waals surface area contributed by atoms with E-state index in [0.29, 0.717) is 19.4 Å². The summed E-state index contributed by atoms with van der Waals surface area (Å²) in [5.41, 5.74) is 0. The van der Waals surface area contributed by atoms with E-state index < -0.39 is 49.5 Å². The van der Waals surface area contributed by atoms with Gasteiger partial charge in [-0.25, -0.2) is 0 Å². The Balaban J connectivity index is 1.91. The molecule has 11 nitrogen and oxygen atoms in total. The third-order valence-electron chi connectivity index (χ3n) is 17.2. The maximum Gasteiger partial charge on any atom is 0.305 e. The van der Waals surface area contributed by atoms with Crippen molar-refractivity contribution in [3.05, 3.63) is 48.6 Å². The van der Waals surface area contributed by atoms with E-state index in [1.807, 2.05) is 6.08 Å². The number of ether oxygens (including phenoxy) is 3. The average Bonchev–Trinajstić information content (AvgIpc) is 3.49. The fraction of sp³-hybridized carbons (Fsp3) is 0.865. The summed E-state index contributed by atoms with van der Waals surface area (Å²) < 4.78 is 16.7. The predicted molar refractivity (Wildman–Crippen MR) is 357 cm³/mol. The van der Waals surface area contributed by atoms with Gasteiger partial charge < -0.3 is 45.1 Å². The number of nitrogens with one attached hydrogen (secondary N) is 1. The molecule has 0 saturated carbocycles. The van der Waals surface area contributed by atoms with E-state index in [2.05, 4.69) is 55.6 Å². The van der Waals surface area contributed by atoms with Crippen LogP contribution in [0.5, 0.6) is 0 Å². The highest BCUT2D eigenvalue weighted by Gasteiger charge is 2.44. The van der Waals surface area contributed by atoms with Crippen molar-refractivity contribution in [1.29, 1.82) is 0 Å². The van der Waals surface area contributed by atoms with E-state index in [1.165, 1.54) is 257 Å². The number of carbonyl (C=O) groups excluding carboxylic acids is 2. The van der Waals surface area contributed by atoms with E-state index >= 15 is 0 Å². The summed E-state index contributed by atoms with van der Waals surface area (Å²) in [6, 6.07) is -0.810. The number of rotatable bonds is 64. The van der Waals surface area contributed by atoms with E-state index in [1.54, 1.807) is 6.08 Å². The van der Waals surface area contributed by atoms with E-state index in [0.717, 1.165) is 64.2 Å². The number of unbranched alkanes of at least 4 members (excludes halogenated alkanes) is 44. The van der Waals surface area contributed by atoms with Crippen LogP contribution in [-0.2, 0) is 23.8 Å². The molecule has 7 unspecified atom stereocenters. The van der Waals surface area contributed by atoms with Crippen molar-refractivity contribution < 1.29 is 49.3 Å². The number of aliphatic hydroxyl groups excluding tert-OH is 5. The average molecular weight is 1200 g/mol. The van der Waals surface area contributed by atoms with Crippen molar-refractivity contribution in [2.24, 2.45) is 0 Å².